The molecular formula is C18H13F2N3. The first-order valence-electron chi connectivity index (χ1n) is 7.35. The molecule has 5 heteroatoms. The third kappa shape index (κ3) is 2.10. The number of aromatic amines is 1. The molecule has 1 fully saturated rings. The fraction of sp³-hybridized carbons (Fsp3) is 0.222. The van der Waals surface area contributed by atoms with Crippen LogP contribution in [0.5, 0.6) is 0 Å². The molecule has 23 heavy (non-hydrogen) atoms. The Hall–Kier alpha value is -2.74. The van der Waals surface area contributed by atoms with Gasteiger partial charge in [-0.15, -0.1) is 0 Å². The summed E-state index contributed by atoms with van der Waals surface area (Å²) in [7, 11) is 0. The summed E-state index contributed by atoms with van der Waals surface area (Å²) in [5.74, 6) is -2.74. The van der Waals surface area contributed by atoms with E-state index in [0.29, 0.717) is 5.56 Å². The van der Waals surface area contributed by atoms with E-state index < -0.39 is 24.2 Å². The summed E-state index contributed by atoms with van der Waals surface area (Å²) in [5.41, 5.74) is 2.36. The molecule has 3 aromatic rings. The molecular weight excluding hydrogens is 296 g/mol. The molecule has 1 saturated carbocycles. The molecule has 0 radical (unpaired) electrons. The molecule has 1 aliphatic rings. The zero-order valence-electron chi connectivity index (χ0n) is 12.2. The van der Waals surface area contributed by atoms with Gasteiger partial charge in [0.1, 0.15) is 0 Å². The first kappa shape index (κ1) is 13.9. The van der Waals surface area contributed by atoms with Crippen molar-refractivity contribution in [3.05, 3.63) is 54.2 Å². The maximum absolute atomic E-state index is 13.3. The summed E-state index contributed by atoms with van der Waals surface area (Å²) in [5, 5.41) is 17.4. The summed E-state index contributed by atoms with van der Waals surface area (Å²) >= 11 is 0. The summed E-state index contributed by atoms with van der Waals surface area (Å²) in [4.78, 5) is 0. The summed E-state index contributed by atoms with van der Waals surface area (Å²) in [6.07, 6.45) is 0.931. The van der Waals surface area contributed by atoms with Crippen LogP contribution in [0.2, 0.25) is 0 Å². The quantitative estimate of drug-likeness (QED) is 0.762. The Labute approximate surface area is 131 Å². The van der Waals surface area contributed by atoms with Gasteiger partial charge in [0.05, 0.1) is 23.2 Å². The number of rotatable bonds is 2. The number of nitrogens with one attached hydrogen (secondary N) is 1. The Morgan fingerprint density at radius 1 is 1.13 bits per heavy atom. The van der Waals surface area contributed by atoms with Crippen LogP contribution in [0.4, 0.5) is 8.78 Å². The van der Waals surface area contributed by atoms with Crippen molar-refractivity contribution in [1.29, 1.82) is 5.26 Å². The van der Waals surface area contributed by atoms with E-state index in [4.69, 9.17) is 0 Å². The molecule has 0 saturated heterocycles. The minimum atomic E-state index is -2.74. The van der Waals surface area contributed by atoms with Crippen molar-refractivity contribution in [1.82, 2.24) is 10.2 Å². The zero-order valence-corrected chi connectivity index (χ0v) is 12.2. The molecule has 0 amide bonds. The Morgan fingerprint density at radius 2 is 1.91 bits per heavy atom. The molecule has 3 nitrogen and oxygen atoms in total. The van der Waals surface area contributed by atoms with E-state index in [0.717, 1.165) is 22.0 Å². The number of nitrogens with zero attached hydrogens (tertiary/aromatic N) is 2. The molecule has 2 aromatic carbocycles. The van der Waals surface area contributed by atoms with Crippen LogP contribution < -0.4 is 0 Å². The van der Waals surface area contributed by atoms with Crippen LogP contribution >= 0.6 is 0 Å². The fourth-order valence-corrected chi connectivity index (χ4v) is 3.38. The van der Waals surface area contributed by atoms with E-state index in [1.165, 1.54) is 0 Å². The number of hydrogen-bond acceptors (Lipinski definition) is 2. The van der Waals surface area contributed by atoms with Crippen LogP contribution in [0, 0.1) is 11.3 Å². The van der Waals surface area contributed by atoms with Gasteiger partial charge in [-0.05, 0) is 28.8 Å². The molecule has 0 atom stereocenters. The number of H-pyrrole nitrogens is 1. The number of hydrogen-bond donors (Lipinski definition) is 1. The van der Waals surface area contributed by atoms with E-state index in [1.54, 1.807) is 12.3 Å². The normalized spacial score (nSPS) is 18.3. The third-order valence-electron chi connectivity index (χ3n) is 4.55. The smallest absolute Gasteiger partial charge is 0.251 e. The van der Waals surface area contributed by atoms with Crippen molar-refractivity contribution in [3.8, 4) is 17.2 Å². The molecule has 0 aliphatic heterocycles. The first-order valence-corrected chi connectivity index (χ1v) is 7.35. The van der Waals surface area contributed by atoms with Gasteiger partial charge in [0.2, 0.25) is 0 Å². The number of nitriles is 1. The predicted octanol–water partition coefficient (Wildman–Crippen LogP) is 4.42. The van der Waals surface area contributed by atoms with Crippen LogP contribution in [0.25, 0.3) is 22.0 Å². The fourth-order valence-electron chi connectivity index (χ4n) is 3.38. The molecule has 1 heterocycles. The lowest BCUT2D eigenvalue weighted by molar-refractivity contribution is -0.109. The molecule has 4 rings (SSSR count). The van der Waals surface area contributed by atoms with Gasteiger partial charge in [-0.2, -0.15) is 10.4 Å². The van der Waals surface area contributed by atoms with Gasteiger partial charge >= 0.3 is 0 Å². The van der Waals surface area contributed by atoms with Crippen molar-refractivity contribution < 1.29 is 8.78 Å². The SMILES string of the molecule is N#CC1(c2cccc(-c3cccc4[nH]ncc34)c2)CC(F)(F)C1. The van der Waals surface area contributed by atoms with E-state index >= 15 is 0 Å². The number of halogens is 2. The van der Waals surface area contributed by atoms with Crippen LogP contribution in [-0.4, -0.2) is 16.1 Å². The monoisotopic (exact) mass is 309 g/mol. The lowest BCUT2D eigenvalue weighted by Crippen LogP contribution is -2.48. The Kier molecular flexibility index (Phi) is 2.79. The standard InChI is InChI=1S/C18H13F2N3/c19-18(20)9-17(10-18,11-21)13-4-1-3-12(7-13)14-5-2-6-16-15(14)8-22-23-16/h1-8H,9-10H2,(H,22,23). The molecule has 1 N–H and O–H groups in total. The highest BCUT2D eigenvalue weighted by Crippen LogP contribution is 2.53. The van der Waals surface area contributed by atoms with E-state index in [1.807, 2.05) is 36.4 Å². The maximum Gasteiger partial charge on any atom is 0.251 e. The Morgan fingerprint density at radius 3 is 2.65 bits per heavy atom. The second-order valence-corrected chi connectivity index (χ2v) is 6.12. The second kappa shape index (κ2) is 4.63. The average molecular weight is 309 g/mol. The average Bonchev–Trinajstić information content (AvgIpc) is 3.00. The van der Waals surface area contributed by atoms with Crippen LogP contribution in [0.1, 0.15) is 18.4 Å². The molecule has 1 aromatic heterocycles. The van der Waals surface area contributed by atoms with E-state index in [2.05, 4.69) is 16.3 Å². The number of aromatic nitrogens is 2. The highest BCUT2D eigenvalue weighted by molar-refractivity contribution is 5.94. The maximum atomic E-state index is 13.3. The van der Waals surface area contributed by atoms with E-state index in [9.17, 15) is 14.0 Å². The molecule has 1 aliphatic carbocycles. The van der Waals surface area contributed by atoms with Gasteiger partial charge in [0, 0.05) is 18.2 Å². The summed E-state index contributed by atoms with van der Waals surface area (Å²) < 4.78 is 26.7. The van der Waals surface area contributed by atoms with Crippen molar-refractivity contribution in [3.63, 3.8) is 0 Å². The molecule has 0 spiro atoms. The molecule has 114 valence electrons. The van der Waals surface area contributed by atoms with E-state index in [-0.39, 0.29) is 0 Å². The van der Waals surface area contributed by atoms with Crippen LogP contribution in [-0.2, 0) is 5.41 Å². The van der Waals surface area contributed by atoms with Gasteiger partial charge in [-0.3, -0.25) is 5.10 Å². The zero-order chi connectivity index (χ0) is 16.1. The highest BCUT2D eigenvalue weighted by Gasteiger charge is 2.58. The Bertz CT molecular complexity index is 929. The lowest BCUT2D eigenvalue weighted by atomic mass is 9.63. The van der Waals surface area contributed by atoms with Crippen molar-refractivity contribution in [2.75, 3.05) is 0 Å². The molecule has 0 unspecified atom stereocenters. The number of alkyl halides is 2. The summed E-state index contributed by atoms with van der Waals surface area (Å²) in [6, 6.07) is 15.3. The van der Waals surface area contributed by atoms with Gasteiger partial charge in [0.25, 0.3) is 5.92 Å². The van der Waals surface area contributed by atoms with Gasteiger partial charge in [-0.25, -0.2) is 8.78 Å². The minimum absolute atomic E-state index is 0.407. The highest BCUT2D eigenvalue weighted by atomic mass is 19.3. The first-order chi connectivity index (χ1) is 11.0. The Balaban J connectivity index is 1.81. The van der Waals surface area contributed by atoms with Crippen molar-refractivity contribution in [2.45, 2.75) is 24.2 Å². The summed E-state index contributed by atoms with van der Waals surface area (Å²) in [6.45, 7) is 0. The van der Waals surface area contributed by atoms with Crippen LogP contribution in [0.15, 0.2) is 48.7 Å². The van der Waals surface area contributed by atoms with Gasteiger partial charge in [-0.1, -0.05) is 30.3 Å². The predicted molar refractivity (Wildman–Crippen MR) is 83.0 cm³/mol. The number of fused-ring (bicyclic) bond motifs is 1. The van der Waals surface area contributed by atoms with Crippen molar-refractivity contribution in [2.24, 2.45) is 0 Å². The third-order valence-corrected chi connectivity index (χ3v) is 4.55. The second-order valence-electron chi connectivity index (χ2n) is 6.12. The lowest BCUT2D eigenvalue weighted by Gasteiger charge is -2.42. The van der Waals surface area contributed by atoms with Crippen molar-refractivity contribution >= 4 is 10.9 Å². The largest absolute Gasteiger partial charge is 0.278 e. The topological polar surface area (TPSA) is 52.5 Å². The van der Waals surface area contributed by atoms with Gasteiger partial charge in [0.15, 0.2) is 0 Å². The van der Waals surface area contributed by atoms with Crippen LogP contribution in [0.3, 0.4) is 0 Å². The minimum Gasteiger partial charge on any atom is -0.278 e. The van der Waals surface area contributed by atoms with Gasteiger partial charge < -0.3 is 0 Å². The number of benzene rings is 2. The molecule has 0 bridgehead atoms.